The molecule has 0 aliphatic carbocycles. The highest BCUT2D eigenvalue weighted by Gasteiger charge is 2.39. The fourth-order valence-electron chi connectivity index (χ4n) is 2.48. The minimum absolute atomic E-state index is 0.116. The molecule has 0 amide bonds. The van der Waals surface area contributed by atoms with Gasteiger partial charge in [-0.3, -0.25) is 0 Å². The van der Waals surface area contributed by atoms with Crippen LogP contribution in [0, 0.1) is 5.82 Å². The van der Waals surface area contributed by atoms with E-state index < -0.39 is 8.80 Å². The van der Waals surface area contributed by atoms with E-state index in [1.54, 1.807) is 14.2 Å². The number of rotatable bonds is 11. The predicted octanol–water partition coefficient (Wildman–Crippen LogP) is 4.59. The number of aryl methyl sites for hydroxylation is 1. The van der Waals surface area contributed by atoms with Crippen molar-refractivity contribution in [2.45, 2.75) is 58.1 Å². The fraction of sp³-hybridized carbons (Fsp3) is 0.647. The van der Waals surface area contributed by atoms with Gasteiger partial charge < -0.3 is 13.3 Å². The normalized spacial score (nSPS) is 12.1. The van der Waals surface area contributed by atoms with Gasteiger partial charge in [-0.05, 0) is 50.8 Å². The number of benzene rings is 1. The summed E-state index contributed by atoms with van der Waals surface area (Å²) in [6, 6.07) is 7.62. The molecule has 0 aliphatic heterocycles. The lowest BCUT2D eigenvalue weighted by molar-refractivity contribution is 0.0693. The number of hydrogen-bond acceptors (Lipinski definition) is 3. The second-order valence-electron chi connectivity index (χ2n) is 5.80. The number of unbranched alkanes of at least 4 members (excludes halogenated alkanes) is 3. The highest BCUT2D eigenvalue weighted by molar-refractivity contribution is 6.60. The zero-order valence-corrected chi connectivity index (χ0v) is 15.2. The van der Waals surface area contributed by atoms with Crippen LogP contribution in [0.5, 0.6) is 0 Å². The molecule has 0 spiro atoms. The third-order valence-electron chi connectivity index (χ3n) is 3.65. The lowest BCUT2D eigenvalue weighted by Gasteiger charge is -2.28. The first kappa shape index (κ1) is 19.3. The Balaban J connectivity index is 2.21. The van der Waals surface area contributed by atoms with Crippen molar-refractivity contribution in [2.24, 2.45) is 0 Å². The van der Waals surface area contributed by atoms with Crippen molar-refractivity contribution in [3.63, 3.8) is 0 Å². The summed E-state index contributed by atoms with van der Waals surface area (Å²) < 4.78 is 29.8. The second-order valence-corrected chi connectivity index (χ2v) is 8.72. The summed E-state index contributed by atoms with van der Waals surface area (Å²) in [5.74, 6) is -0.172. The van der Waals surface area contributed by atoms with Crippen LogP contribution in [0.15, 0.2) is 24.3 Å². The smallest absolute Gasteiger partial charge is 0.377 e. The fourth-order valence-corrected chi connectivity index (χ4v) is 4.76. The topological polar surface area (TPSA) is 27.7 Å². The molecule has 0 radical (unpaired) electrons. The van der Waals surface area contributed by atoms with Gasteiger partial charge in [0.05, 0.1) is 0 Å². The lowest BCUT2D eigenvalue weighted by Crippen LogP contribution is -2.45. The zero-order valence-electron chi connectivity index (χ0n) is 14.2. The van der Waals surface area contributed by atoms with Crippen molar-refractivity contribution in [1.82, 2.24) is 0 Å². The average molecular weight is 329 g/mol. The van der Waals surface area contributed by atoms with Gasteiger partial charge in [-0.15, -0.1) is 0 Å². The van der Waals surface area contributed by atoms with Gasteiger partial charge in [0.1, 0.15) is 5.82 Å². The Morgan fingerprint density at radius 3 is 2.09 bits per heavy atom. The standard InChI is InChI=1S/C17H29FO3Si/c1-15(2)21-22(19-3,20-4)14-8-6-5-7-9-16-10-12-17(18)13-11-16/h10-13,15H,5-9,14H2,1-4H3. The van der Waals surface area contributed by atoms with Gasteiger partial charge in [-0.25, -0.2) is 4.39 Å². The van der Waals surface area contributed by atoms with Crippen LogP contribution >= 0.6 is 0 Å². The maximum atomic E-state index is 12.8. The first-order valence-electron chi connectivity index (χ1n) is 8.04. The van der Waals surface area contributed by atoms with E-state index in [2.05, 4.69) is 0 Å². The van der Waals surface area contributed by atoms with E-state index in [1.165, 1.54) is 17.7 Å². The van der Waals surface area contributed by atoms with E-state index >= 15 is 0 Å². The molecule has 1 aromatic rings. The van der Waals surface area contributed by atoms with E-state index in [-0.39, 0.29) is 11.9 Å². The van der Waals surface area contributed by atoms with Crippen LogP contribution in [0.2, 0.25) is 6.04 Å². The lowest BCUT2D eigenvalue weighted by atomic mass is 10.1. The molecular formula is C17H29FO3Si. The molecule has 0 bridgehead atoms. The molecule has 126 valence electrons. The molecule has 0 fully saturated rings. The van der Waals surface area contributed by atoms with Gasteiger partial charge in [-0.1, -0.05) is 25.0 Å². The molecule has 5 heteroatoms. The summed E-state index contributed by atoms with van der Waals surface area (Å²) in [7, 11) is 0.868. The minimum Gasteiger partial charge on any atom is -0.377 e. The van der Waals surface area contributed by atoms with Crippen LogP contribution in [0.3, 0.4) is 0 Å². The Kier molecular flexibility index (Phi) is 8.86. The molecule has 0 N–H and O–H groups in total. The summed E-state index contributed by atoms with van der Waals surface area (Å²) in [5.41, 5.74) is 1.20. The highest BCUT2D eigenvalue weighted by Crippen LogP contribution is 2.20. The monoisotopic (exact) mass is 328 g/mol. The Labute approximate surface area is 135 Å². The van der Waals surface area contributed by atoms with Crippen LogP contribution in [0.25, 0.3) is 0 Å². The Bertz CT molecular complexity index is 405. The molecule has 3 nitrogen and oxygen atoms in total. The summed E-state index contributed by atoms with van der Waals surface area (Å²) in [4.78, 5) is 0. The Morgan fingerprint density at radius 1 is 0.955 bits per heavy atom. The van der Waals surface area contributed by atoms with Crippen molar-refractivity contribution >= 4 is 8.80 Å². The van der Waals surface area contributed by atoms with Gasteiger partial charge >= 0.3 is 8.80 Å². The van der Waals surface area contributed by atoms with Crippen molar-refractivity contribution in [3.8, 4) is 0 Å². The largest absolute Gasteiger partial charge is 0.500 e. The average Bonchev–Trinajstić information content (AvgIpc) is 2.51. The van der Waals surface area contributed by atoms with Crippen LogP contribution in [0.4, 0.5) is 4.39 Å². The molecule has 0 aliphatic rings. The Hall–Kier alpha value is -0.753. The number of hydrogen-bond donors (Lipinski definition) is 0. The molecular weight excluding hydrogens is 299 g/mol. The molecule has 0 heterocycles. The highest BCUT2D eigenvalue weighted by atomic mass is 28.4. The van der Waals surface area contributed by atoms with Crippen molar-refractivity contribution < 1.29 is 17.7 Å². The third-order valence-corrected chi connectivity index (χ3v) is 6.69. The van der Waals surface area contributed by atoms with E-state index in [0.29, 0.717) is 0 Å². The molecule has 1 aromatic carbocycles. The van der Waals surface area contributed by atoms with Crippen molar-refractivity contribution in [1.29, 1.82) is 0 Å². The zero-order chi connectivity index (χ0) is 16.4. The minimum atomic E-state index is -2.48. The third kappa shape index (κ3) is 7.00. The second kappa shape index (κ2) is 10.1. The van der Waals surface area contributed by atoms with Crippen LogP contribution in [-0.4, -0.2) is 29.1 Å². The molecule has 0 aromatic heterocycles. The van der Waals surface area contributed by atoms with Gasteiger partial charge in [0.25, 0.3) is 0 Å². The maximum Gasteiger partial charge on any atom is 0.500 e. The van der Waals surface area contributed by atoms with Crippen LogP contribution in [-0.2, 0) is 19.7 Å². The molecule has 1 rings (SSSR count). The van der Waals surface area contributed by atoms with Crippen molar-refractivity contribution in [3.05, 3.63) is 35.6 Å². The van der Waals surface area contributed by atoms with Gasteiger partial charge in [-0.2, -0.15) is 0 Å². The molecule has 0 unspecified atom stereocenters. The van der Waals surface area contributed by atoms with E-state index in [0.717, 1.165) is 38.1 Å². The van der Waals surface area contributed by atoms with E-state index in [1.807, 2.05) is 26.0 Å². The van der Waals surface area contributed by atoms with Crippen LogP contribution < -0.4 is 0 Å². The molecule has 22 heavy (non-hydrogen) atoms. The molecule has 0 saturated heterocycles. The van der Waals surface area contributed by atoms with Gasteiger partial charge in [0.2, 0.25) is 0 Å². The molecule has 0 saturated carbocycles. The first-order valence-corrected chi connectivity index (χ1v) is 9.97. The SMILES string of the molecule is CO[Si](CCCCCCc1ccc(F)cc1)(OC)OC(C)C. The van der Waals surface area contributed by atoms with Crippen LogP contribution in [0.1, 0.15) is 45.1 Å². The quantitative estimate of drug-likeness (QED) is 0.439. The first-order chi connectivity index (χ1) is 10.5. The predicted molar refractivity (Wildman–Crippen MR) is 89.4 cm³/mol. The van der Waals surface area contributed by atoms with Crippen molar-refractivity contribution in [2.75, 3.05) is 14.2 Å². The van der Waals surface area contributed by atoms with E-state index in [4.69, 9.17) is 13.3 Å². The Morgan fingerprint density at radius 2 is 1.55 bits per heavy atom. The summed E-state index contributed by atoms with van der Waals surface area (Å²) >= 11 is 0. The number of halogens is 1. The maximum absolute atomic E-state index is 12.8. The summed E-state index contributed by atoms with van der Waals surface area (Å²) in [6.45, 7) is 4.00. The summed E-state index contributed by atoms with van der Waals surface area (Å²) in [6.07, 6.45) is 5.56. The summed E-state index contributed by atoms with van der Waals surface area (Å²) in [5, 5.41) is 0. The van der Waals surface area contributed by atoms with Gasteiger partial charge in [0, 0.05) is 26.4 Å². The molecule has 0 atom stereocenters. The van der Waals surface area contributed by atoms with Gasteiger partial charge in [0.15, 0.2) is 0 Å². The van der Waals surface area contributed by atoms with E-state index in [9.17, 15) is 4.39 Å².